The van der Waals surface area contributed by atoms with Gasteiger partial charge in [-0.3, -0.25) is 4.79 Å². The van der Waals surface area contributed by atoms with Gasteiger partial charge in [0, 0.05) is 17.7 Å². The average Bonchev–Trinajstić information content (AvgIpc) is 2.35. The van der Waals surface area contributed by atoms with Crippen molar-refractivity contribution in [3.05, 3.63) is 35.9 Å². The fourth-order valence-electron chi connectivity index (χ4n) is 1.34. The quantitative estimate of drug-likeness (QED) is 0.525. The van der Waals surface area contributed by atoms with Gasteiger partial charge in [0.2, 0.25) is 0 Å². The Bertz CT molecular complexity index is 308. The maximum Gasteiger partial charge on any atom is 0.163 e. The van der Waals surface area contributed by atoms with E-state index in [0.29, 0.717) is 6.42 Å². The Hall–Kier alpha value is -0.760. The highest BCUT2D eigenvalue weighted by atomic mass is 32.2. The van der Waals surface area contributed by atoms with Crippen LogP contribution in [0.25, 0.3) is 0 Å². The van der Waals surface area contributed by atoms with Gasteiger partial charge < -0.3 is 0 Å². The number of thioether (sulfide) groups is 1. The van der Waals surface area contributed by atoms with E-state index in [1.54, 1.807) is 0 Å². The highest BCUT2D eigenvalue weighted by Crippen LogP contribution is 2.13. The van der Waals surface area contributed by atoms with E-state index >= 15 is 0 Å². The maximum atomic E-state index is 11.7. The Morgan fingerprint density at radius 1 is 1.31 bits per heavy atom. The van der Waals surface area contributed by atoms with Crippen molar-refractivity contribution in [2.24, 2.45) is 5.92 Å². The van der Waals surface area contributed by atoms with Gasteiger partial charge in [-0.15, -0.1) is 0 Å². The first-order chi connectivity index (χ1) is 7.74. The third-order valence-corrected chi connectivity index (χ3v) is 3.97. The minimum atomic E-state index is 0.261. The molecule has 0 N–H and O–H groups in total. The number of benzene rings is 1. The zero-order valence-corrected chi connectivity index (χ0v) is 10.9. The van der Waals surface area contributed by atoms with Crippen LogP contribution in [0.2, 0.25) is 0 Å². The summed E-state index contributed by atoms with van der Waals surface area (Å²) in [5.41, 5.74) is 0.839. The molecule has 0 aromatic heterocycles. The summed E-state index contributed by atoms with van der Waals surface area (Å²) in [5.74, 6) is 3.13. The Labute approximate surface area is 103 Å². The van der Waals surface area contributed by atoms with E-state index in [9.17, 15) is 4.79 Å². The molecule has 0 saturated carbocycles. The first-order valence-electron chi connectivity index (χ1n) is 5.90. The lowest BCUT2D eigenvalue weighted by Crippen LogP contribution is -2.02. The second-order valence-electron chi connectivity index (χ2n) is 4.13. The maximum absolute atomic E-state index is 11.7. The zero-order chi connectivity index (χ0) is 11.8. The molecule has 0 radical (unpaired) electrons. The lowest BCUT2D eigenvalue weighted by Gasteiger charge is -2.07. The molecule has 1 unspecified atom stereocenters. The summed E-state index contributed by atoms with van der Waals surface area (Å²) >= 11 is 1.89. The molecular weight excluding hydrogens is 216 g/mol. The second kappa shape index (κ2) is 7.50. The zero-order valence-electron chi connectivity index (χ0n) is 10.1. The SMILES string of the molecule is CCC(C)CSCCC(=O)c1ccccc1. The van der Waals surface area contributed by atoms with Gasteiger partial charge in [0.1, 0.15) is 0 Å². The largest absolute Gasteiger partial charge is 0.294 e. The molecule has 0 aliphatic rings. The van der Waals surface area contributed by atoms with Crippen LogP contribution in [0.1, 0.15) is 37.0 Å². The molecule has 0 aliphatic heterocycles. The summed E-state index contributed by atoms with van der Waals surface area (Å²) in [7, 11) is 0. The number of ketones is 1. The molecule has 0 fully saturated rings. The number of Topliss-reactive ketones (excluding diaryl/α,β-unsaturated/α-hetero) is 1. The summed E-state index contributed by atoms with van der Waals surface area (Å²) in [5, 5.41) is 0. The van der Waals surface area contributed by atoms with Crippen molar-refractivity contribution in [1.29, 1.82) is 0 Å². The van der Waals surface area contributed by atoms with Crippen LogP contribution >= 0.6 is 11.8 Å². The summed E-state index contributed by atoms with van der Waals surface area (Å²) in [6, 6.07) is 9.55. The van der Waals surface area contributed by atoms with Crippen LogP contribution < -0.4 is 0 Å². The second-order valence-corrected chi connectivity index (χ2v) is 5.28. The predicted octanol–water partition coefficient (Wildman–Crippen LogP) is 4.04. The van der Waals surface area contributed by atoms with Crippen LogP contribution in [0.3, 0.4) is 0 Å². The van der Waals surface area contributed by atoms with Crippen LogP contribution in [-0.2, 0) is 0 Å². The van der Waals surface area contributed by atoms with Gasteiger partial charge in [-0.25, -0.2) is 0 Å². The van der Waals surface area contributed by atoms with E-state index in [1.807, 2.05) is 42.1 Å². The van der Waals surface area contributed by atoms with E-state index in [2.05, 4.69) is 13.8 Å². The Kier molecular flexibility index (Phi) is 6.24. The Morgan fingerprint density at radius 3 is 2.62 bits per heavy atom. The first-order valence-corrected chi connectivity index (χ1v) is 7.05. The lowest BCUT2D eigenvalue weighted by molar-refractivity contribution is 0.0989. The number of carbonyl (C=O) groups is 1. The van der Waals surface area contributed by atoms with Crippen LogP contribution in [0.5, 0.6) is 0 Å². The van der Waals surface area contributed by atoms with E-state index in [4.69, 9.17) is 0 Å². The summed E-state index contributed by atoms with van der Waals surface area (Å²) in [4.78, 5) is 11.7. The number of hydrogen-bond donors (Lipinski definition) is 0. The Balaban J connectivity index is 2.21. The molecule has 0 heterocycles. The smallest absolute Gasteiger partial charge is 0.163 e. The van der Waals surface area contributed by atoms with Crippen molar-refractivity contribution in [3.8, 4) is 0 Å². The van der Waals surface area contributed by atoms with Crippen LogP contribution in [0, 0.1) is 5.92 Å². The van der Waals surface area contributed by atoms with Crippen molar-refractivity contribution in [1.82, 2.24) is 0 Å². The molecule has 1 aromatic rings. The first kappa shape index (κ1) is 13.3. The summed E-state index contributed by atoms with van der Waals surface area (Å²) in [6.45, 7) is 4.46. The summed E-state index contributed by atoms with van der Waals surface area (Å²) < 4.78 is 0. The third kappa shape index (κ3) is 4.84. The number of rotatable bonds is 7. The molecule has 1 nitrogen and oxygen atoms in total. The predicted molar refractivity (Wildman–Crippen MR) is 72.2 cm³/mol. The molecule has 1 atom stereocenters. The molecule has 0 bridgehead atoms. The monoisotopic (exact) mass is 236 g/mol. The fraction of sp³-hybridized carbons (Fsp3) is 0.500. The number of hydrogen-bond acceptors (Lipinski definition) is 2. The molecule has 88 valence electrons. The highest BCUT2D eigenvalue weighted by molar-refractivity contribution is 7.99. The lowest BCUT2D eigenvalue weighted by atomic mass is 10.1. The van der Waals surface area contributed by atoms with Crippen molar-refractivity contribution < 1.29 is 4.79 Å². The molecule has 1 rings (SSSR count). The van der Waals surface area contributed by atoms with E-state index in [1.165, 1.54) is 12.2 Å². The molecule has 0 amide bonds. The van der Waals surface area contributed by atoms with Crippen molar-refractivity contribution in [3.63, 3.8) is 0 Å². The van der Waals surface area contributed by atoms with E-state index in [-0.39, 0.29) is 5.78 Å². The van der Waals surface area contributed by atoms with Crippen molar-refractivity contribution >= 4 is 17.5 Å². The van der Waals surface area contributed by atoms with Gasteiger partial charge in [0.15, 0.2) is 5.78 Å². The van der Waals surface area contributed by atoms with Gasteiger partial charge in [-0.2, -0.15) is 11.8 Å². The van der Waals surface area contributed by atoms with Crippen LogP contribution in [0.4, 0.5) is 0 Å². The number of carbonyl (C=O) groups excluding carboxylic acids is 1. The third-order valence-electron chi connectivity index (χ3n) is 2.67. The molecule has 2 heteroatoms. The summed E-state index contributed by atoms with van der Waals surface area (Å²) in [6.07, 6.45) is 1.88. The van der Waals surface area contributed by atoms with Crippen LogP contribution in [0.15, 0.2) is 30.3 Å². The Morgan fingerprint density at radius 2 is 2.00 bits per heavy atom. The van der Waals surface area contributed by atoms with Crippen molar-refractivity contribution in [2.45, 2.75) is 26.7 Å². The minimum Gasteiger partial charge on any atom is -0.294 e. The highest BCUT2D eigenvalue weighted by Gasteiger charge is 2.05. The molecule has 0 saturated heterocycles. The van der Waals surface area contributed by atoms with Gasteiger partial charge in [-0.1, -0.05) is 50.6 Å². The van der Waals surface area contributed by atoms with Gasteiger partial charge >= 0.3 is 0 Å². The fourth-order valence-corrected chi connectivity index (χ4v) is 2.47. The topological polar surface area (TPSA) is 17.1 Å². The molecule has 1 aromatic carbocycles. The molecular formula is C14H20OS. The normalized spacial score (nSPS) is 12.4. The van der Waals surface area contributed by atoms with Crippen molar-refractivity contribution in [2.75, 3.05) is 11.5 Å². The average molecular weight is 236 g/mol. The van der Waals surface area contributed by atoms with Gasteiger partial charge in [0.05, 0.1) is 0 Å². The van der Waals surface area contributed by atoms with E-state index < -0.39 is 0 Å². The molecule has 0 spiro atoms. The van der Waals surface area contributed by atoms with Crippen LogP contribution in [-0.4, -0.2) is 17.3 Å². The van der Waals surface area contributed by atoms with E-state index in [0.717, 1.165) is 17.2 Å². The van der Waals surface area contributed by atoms with Gasteiger partial charge in [0.25, 0.3) is 0 Å². The standard InChI is InChI=1S/C14H20OS/c1-3-12(2)11-16-10-9-14(15)13-7-5-4-6-8-13/h4-8,12H,3,9-11H2,1-2H3. The van der Waals surface area contributed by atoms with Gasteiger partial charge in [-0.05, 0) is 11.7 Å². The minimum absolute atomic E-state index is 0.261. The molecule has 0 aliphatic carbocycles. The molecule has 16 heavy (non-hydrogen) atoms.